The van der Waals surface area contributed by atoms with E-state index in [-0.39, 0.29) is 0 Å². The van der Waals surface area contributed by atoms with Crippen molar-refractivity contribution in [2.24, 2.45) is 5.10 Å². The van der Waals surface area contributed by atoms with E-state index < -0.39 is 11.8 Å². The smallest absolute Gasteiger partial charge is 0.329 e. The first kappa shape index (κ1) is 17.8. The minimum atomic E-state index is -0.910. The van der Waals surface area contributed by atoms with Gasteiger partial charge in [0.05, 0.1) is 18.3 Å². The minimum Gasteiger partial charge on any atom is -0.497 e. The number of benzene rings is 2. The summed E-state index contributed by atoms with van der Waals surface area (Å²) < 4.78 is 5.00. The molecule has 0 aliphatic carbocycles. The lowest BCUT2D eigenvalue weighted by atomic mass is 10.2. The second-order valence-corrected chi connectivity index (χ2v) is 5.39. The molecule has 124 valence electrons. The second-order valence-electron chi connectivity index (χ2n) is 4.55. The van der Waals surface area contributed by atoms with Crippen LogP contribution in [0, 0.1) is 0 Å². The van der Waals surface area contributed by atoms with Crippen molar-refractivity contribution in [1.29, 1.82) is 0 Å². The Morgan fingerprint density at radius 3 is 2.42 bits per heavy atom. The van der Waals surface area contributed by atoms with Crippen LogP contribution in [-0.2, 0) is 9.59 Å². The van der Waals surface area contributed by atoms with E-state index in [1.165, 1.54) is 13.3 Å². The van der Waals surface area contributed by atoms with E-state index >= 15 is 0 Å². The summed E-state index contributed by atoms with van der Waals surface area (Å²) in [5, 5.41) is 6.99. The first-order valence-corrected chi connectivity index (χ1v) is 7.48. The fourth-order valence-electron chi connectivity index (χ4n) is 1.68. The molecule has 2 aromatic carbocycles. The van der Waals surface area contributed by atoms with Gasteiger partial charge in [-0.05, 0) is 36.4 Å². The number of rotatable bonds is 4. The normalized spacial score (nSPS) is 10.5. The number of carbonyl (C=O) groups excluding carboxylic acids is 2. The largest absolute Gasteiger partial charge is 0.497 e. The van der Waals surface area contributed by atoms with Gasteiger partial charge in [0.2, 0.25) is 0 Å². The van der Waals surface area contributed by atoms with E-state index in [1.54, 1.807) is 42.5 Å². The van der Waals surface area contributed by atoms with Crippen molar-refractivity contribution in [3.8, 4) is 5.75 Å². The molecule has 0 saturated heterocycles. The zero-order chi connectivity index (χ0) is 17.5. The van der Waals surface area contributed by atoms with Crippen LogP contribution in [0.1, 0.15) is 5.56 Å². The van der Waals surface area contributed by atoms with E-state index in [0.29, 0.717) is 27.0 Å². The van der Waals surface area contributed by atoms with E-state index in [9.17, 15) is 9.59 Å². The van der Waals surface area contributed by atoms with Gasteiger partial charge in [-0.2, -0.15) is 5.10 Å². The van der Waals surface area contributed by atoms with E-state index in [1.807, 2.05) is 0 Å². The molecule has 0 fully saturated rings. The predicted octanol–water partition coefficient (Wildman–Crippen LogP) is 3.09. The van der Waals surface area contributed by atoms with Crippen LogP contribution in [0.2, 0.25) is 10.0 Å². The third kappa shape index (κ3) is 4.97. The summed E-state index contributed by atoms with van der Waals surface area (Å²) in [6, 6.07) is 11.4. The lowest BCUT2D eigenvalue weighted by Crippen LogP contribution is -2.32. The number of methoxy groups -OCH3 is 1. The third-order valence-electron chi connectivity index (χ3n) is 2.89. The van der Waals surface area contributed by atoms with E-state index in [2.05, 4.69) is 15.8 Å². The zero-order valence-corrected chi connectivity index (χ0v) is 14.1. The lowest BCUT2D eigenvalue weighted by Gasteiger charge is -2.05. The van der Waals surface area contributed by atoms with Gasteiger partial charge < -0.3 is 10.1 Å². The zero-order valence-electron chi connectivity index (χ0n) is 12.5. The molecule has 2 amide bonds. The summed E-state index contributed by atoms with van der Waals surface area (Å²) in [6.07, 6.45) is 1.32. The Morgan fingerprint density at radius 2 is 1.79 bits per heavy atom. The molecule has 0 aliphatic rings. The molecule has 2 N–H and O–H groups in total. The van der Waals surface area contributed by atoms with Crippen molar-refractivity contribution in [2.45, 2.75) is 0 Å². The van der Waals surface area contributed by atoms with Crippen molar-refractivity contribution in [3.05, 3.63) is 58.1 Å². The van der Waals surface area contributed by atoms with Gasteiger partial charge in [0.25, 0.3) is 0 Å². The Hall–Kier alpha value is -2.57. The van der Waals surface area contributed by atoms with Crippen LogP contribution in [0.25, 0.3) is 0 Å². The maximum Gasteiger partial charge on any atom is 0.329 e. The van der Waals surface area contributed by atoms with E-state index in [4.69, 9.17) is 27.9 Å². The Bertz CT molecular complexity index is 777. The average molecular weight is 366 g/mol. The molecular weight excluding hydrogens is 353 g/mol. The molecule has 24 heavy (non-hydrogen) atoms. The summed E-state index contributed by atoms with van der Waals surface area (Å²) in [4.78, 5) is 23.4. The molecule has 0 atom stereocenters. The van der Waals surface area contributed by atoms with Crippen molar-refractivity contribution >= 4 is 46.9 Å². The van der Waals surface area contributed by atoms with Gasteiger partial charge in [-0.1, -0.05) is 29.3 Å². The maximum absolute atomic E-state index is 11.7. The van der Waals surface area contributed by atoms with Crippen LogP contribution in [0.3, 0.4) is 0 Å². The highest BCUT2D eigenvalue weighted by Gasteiger charge is 2.12. The molecule has 0 aromatic heterocycles. The average Bonchev–Trinajstić information content (AvgIpc) is 2.57. The van der Waals surface area contributed by atoms with E-state index in [0.717, 1.165) is 0 Å². The van der Waals surface area contributed by atoms with Crippen LogP contribution in [0.4, 0.5) is 5.69 Å². The molecule has 0 saturated carbocycles. The lowest BCUT2D eigenvalue weighted by molar-refractivity contribution is -0.136. The molecule has 0 bridgehead atoms. The maximum atomic E-state index is 11.7. The van der Waals surface area contributed by atoms with Crippen LogP contribution < -0.4 is 15.5 Å². The molecule has 0 heterocycles. The number of anilines is 1. The molecular formula is C16H13Cl2N3O3. The van der Waals surface area contributed by atoms with Gasteiger partial charge in [-0.25, -0.2) is 5.43 Å². The molecule has 2 rings (SSSR count). The first-order chi connectivity index (χ1) is 11.5. The van der Waals surface area contributed by atoms with Crippen LogP contribution in [0.15, 0.2) is 47.6 Å². The minimum absolute atomic E-state index is 0.378. The van der Waals surface area contributed by atoms with Crippen molar-refractivity contribution < 1.29 is 14.3 Å². The van der Waals surface area contributed by atoms with Crippen LogP contribution in [0.5, 0.6) is 5.75 Å². The second kappa shape index (κ2) is 8.33. The SMILES string of the molecule is COc1ccc(NC(=O)C(=O)N/N=C\c2ccc(Cl)cc2Cl)cc1. The summed E-state index contributed by atoms with van der Waals surface area (Å²) in [7, 11) is 1.53. The molecule has 8 heteroatoms. The number of hydrogen-bond donors (Lipinski definition) is 2. The highest BCUT2D eigenvalue weighted by molar-refractivity contribution is 6.39. The Kier molecular flexibility index (Phi) is 6.17. The Balaban J connectivity index is 1.91. The van der Waals surface area contributed by atoms with Gasteiger partial charge in [-0.3, -0.25) is 9.59 Å². The quantitative estimate of drug-likeness (QED) is 0.496. The Morgan fingerprint density at radius 1 is 1.08 bits per heavy atom. The standard InChI is InChI=1S/C16H13Cl2N3O3/c1-24-13-6-4-12(5-7-13)20-15(22)16(23)21-19-9-10-2-3-11(17)8-14(10)18/h2-9H,1H3,(H,20,22)(H,21,23)/b19-9-. The fraction of sp³-hybridized carbons (Fsp3) is 0.0625. The number of nitrogens with one attached hydrogen (secondary N) is 2. The van der Waals surface area contributed by atoms with Crippen molar-refractivity contribution in [3.63, 3.8) is 0 Å². The number of amides is 2. The van der Waals surface area contributed by atoms with Crippen LogP contribution in [-0.4, -0.2) is 25.1 Å². The summed E-state index contributed by atoms with van der Waals surface area (Å²) in [6.45, 7) is 0. The molecule has 0 radical (unpaired) electrons. The topological polar surface area (TPSA) is 79.8 Å². The van der Waals surface area contributed by atoms with Gasteiger partial charge in [0.15, 0.2) is 0 Å². The van der Waals surface area contributed by atoms with Gasteiger partial charge in [0.1, 0.15) is 5.75 Å². The summed E-state index contributed by atoms with van der Waals surface area (Å²) in [5.41, 5.74) is 3.13. The number of carbonyl (C=O) groups is 2. The van der Waals surface area contributed by atoms with Crippen LogP contribution >= 0.6 is 23.2 Å². The highest BCUT2D eigenvalue weighted by Crippen LogP contribution is 2.19. The molecule has 6 nitrogen and oxygen atoms in total. The molecule has 0 unspecified atom stereocenters. The van der Waals surface area contributed by atoms with Gasteiger partial charge in [0, 0.05) is 16.3 Å². The highest BCUT2D eigenvalue weighted by atomic mass is 35.5. The number of ether oxygens (including phenoxy) is 1. The predicted molar refractivity (Wildman–Crippen MR) is 93.8 cm³/mol. The molecule has 0 aliphatic heterocycles. The molecule has 0 spiro atoms. The summed E-state index contributed by atoms with van der Waals surface area (Å²) in [5.74, 6) is -1.12. The van der Waals surface area contributed by atoms with Gasteiger partial charge in [-0.15, -0.1) is 0 Å². The Labute approximate surface area is 148 Å². The summed E-state index contributed by atoms with van der Waals surface area (Å²) >= 11 is 11.7. The van der Waals surface area contributed by atoms with Gasteiger partial charge >= 0.3 is 11.8 Å². The first-order valence-electron chi connectivity index (χ1n) is 6.73. The monoisotopic (exact) mass is 365 g/mol. The number of halogens is 2. The van der Waals surface area contributed by atoms with Crippen molar-refractivity contribution in [1.82, 2.24) is 5.43 Å². The third-order valence-corrected chi connectivity index (χ3v) is 3.45. The van der Waals surface area contributed by atoms with Crippen molar-refractivity contribution in [2.75, 3.05) is 12.4 Å². The number of nitrogens with zero attached hydrogens (tertiary/aromatic N) is 1. The number of hydrogen-bond acceptors (Lipinski definition) is 4. The molecule has 2 aromatic rings. The number of hydrazone groups is 1. The fourth-order valence-corrected chi connectivity index (χ4v) is 2.14.